The van der Waals surface area contributed by atoms with Crippen molar-refractivity contribution in [1.82, 2.24) is 4.57 Å². The van der Waals surface area contributed by atoms with Crippen molar-refractivity contribution in [1.29, 1.82) is 0 Å². The Hall–Kier alpha value is -2.31. The van der Waals surface area contributed by atoms with E-state index in [9.17, 15) is 13.9 Å². The molecular formula is C20H20F2N2OS. The molecule has 0 aliphatic rings. The van der Waals surface area contributed by atoms with E-state index in [1.807, 2.05) is 53.2 Å². The summed E-state index contributed by atoms with van der Waals surface area (Å²) >= 11 is 5.05. The average molecular weight is 374 g/mol. The van der Waals surface area contributed by atoms with Crippen molar-refractivity contribution in [3.05, 3.63) is 59.8 Å². The fourth-order valence-corrected chi connectivity index (χ4v) is 3.19. The van der Waals surface area contributed by atoms with E-state index in [-0.39, 0.29) is 13.0 Å². The van der Waals surface area contributed by atoms with Gasteiger partial charge in [0.2, 0.25) is 6.43 Å². The van der Waals surface area contributed by atoms with E-state index in [0.29, 0.717) is 4.99 Å². The van der Waals surface area contributed by atoms with Gasteiger partial charge in [-0.2, -0.15) is 0 Å². The molecule has 3 aromatic rings. The summed E-state index contributed by atoms with van der Waals surface area (Å²) in [7, 11) is 0. The van der Waals surface area contributed by atoms with Gasteiger partial charge in [-0.15, -0.1) is 0 Å². The summed E-state index contributed by atoms with van der Waals surface area (Å²) in [6.45, 7) is 1.88. The van der Waals surface area contributed by atoms with Crippen molar-refractivity contribution in [3.63, 3.8) is 0 Å². The quantitative estimate of drug-likeness (QED) is 0.618. The monoisotopic (exact) mass is 374 g/mol. The molecule has 0 saturated carbocycles. The molecule has 0 bridgehead atoms. The van der Waals surface area contributed by atoms with Gasteiger partial charge < -0.3 is 15.4 Å². The molecule has 2 aromatic carbocycles. The molecule has 0 radical (unpaired) electrons. The molecule has 0 amide bonds. The highest BCUT2D eigenvalue weighted by molar-refractivity contribution is 7.80. The second-order valence-corrected chi connectivity index (χ2v) is 6.75. The van der Waals surface area contributed by atoms with Gasteiger partial charge in [0.05, 0.1) is 6.10 Å². The number of nitrogens with zero attached hydrogens (tertiary/aromatic N) is 1. The number of aryl methyl sites for hydroxylation is 1. The van der Waals surface area contributed by atoms with E-state index >= 15 is 0 Å². The van der Waals surface area contributed by atoms with E-state index in [4.69, 9.17) is 18.0 Å². The second-order valence-electron chi connectivity index (χ2n) is 6.31. The minimum atomic E-state index is -2.37. The first-order valence-electron chi connectivity index (χ1n) is 8.36. The molecule has 1 unspecified atom stereocenters. The van der Waals surface area contributed by atoms with Crippen molar-refractivity contribution in [3.8, 4) is 11.1 Å². The van der Waals surface area contributed by atoms with Gasteiger partial charge in [0.25, 0.3) is 0 Å². The van der Waals surface area contributed by atoms with Gasteiger partial charge >= 0.3 is 0 Å². The summed E-state index contributed by atoms with van der Waals surface area (Å²) in [5, 5.41) is 10.8. The Balaban J connectivity index is 2.16. The van der Waals surface area contributed by atoms with Crippen LogP contribution in [0, 0.1) is 0 Å². The smallest absolute Gasteiger partial charge is 0.240 e. The maximum atomic E-state index is 12.7. The molecule has 136 valence electrons. The first kappa shape index (κ1) is 18.5. The number of aliphatic hydroxyl groups excluding tert-OH is 1. The standard InChI is InChI=1S/C20H20F2N2OS/c1-12(25)13-5-6-16-17(14-3-2-4-15(9-14)20(23)26)11-24(18(16)10-13)8-7-19(21)22/h2-6,9-12,19,25H,7-8H2,1H3,(H2,23,26). The Morgan fingerprint density at radius 2 is 2.00 bits per heavy atom. The van der Waals surface area contributed by atoms with E-state index < -0.39 is 12.5 Å². The largest absolute Gasteiger partial charge is 0.389 e. The van der Waals surface area contributed by atoms with Gasteiger partial charge in [0.1, 0.15) is 4.99 Å². The highest BCUT2D eigenvalue weighted by Gasteiger charge is 2.14. The highest BCUT2D eigenvalue weighted by atomic mass is 32.1. The van der Waals surface area contributed by atoms with Crippen LogP contribution in [0.4, 0.5) is 8.78 Å². The predicted octanol–water partition coefficient (Wildman–Crippen LogP) is 4.65. The number of benzene rings is 2. The molecular weight excluding hydrogens is 354 g/mol. The first-order chi connectivity index (χ1) is 12.4. The first-order valence-corrected chi connectivity index (χ1v) is 8.77. The zero-order valence-electron chi connectivity index (χ0n) is 14.3. The Labute approximate surface area is 156 Å². The third kappa shape index (κ3) is 3.76. The molecule has 0 saturated heterocycles. The van der Waals surface area contributed by atoms with Crippen LogP contribution in [0.15, 0.2) is 48.7 Å². The van der Waals surface area contributed by atoms with Crippen molar-refractivity contribution in [2.45, 2.75) is 32.4 Å². The minimum absolute atomic E-state index is 0.201. The lowest BCUT2D eigenvalue weighted by molar-refractivity contribution is 0.132. The van der Waals surface area contributed by atoms with Crippen molar-refractivity contribution < 1.29 is 13.9 Å². The maximum Gasteiger partial charge on any atom is 0.240 e. The lowest BCUT2D eigenvalue weighted by atomic mass is 10.0. The number of hydrogen-bond acceptors (Lipinski definition) is 2. The van der Waals surface area contributed by atoms with E-state index in [1.54, 1.807) is 6.92 Å². The van der Waals surface area contributed by atoms with Gasteiger partial charge in [-0.1, -0.05) is 42.5 Å². The number of rotatable bonds is 6. The number of fused-ring (bicyclic) bond motifs is 1. The Morgan fingerprint density at radius 3 is 2.65 bits per heavy atom. The summed E-state index contributed by atoms with van der Waals surface area (Å²) in [4.78, 5) is 0.310. The molecule has 6 heteroatoms. The van der Waals surface area contributed by atoms with Crippen LogP contribution >= 0.6 is 12.2 Å². The molecule has 1 aromatic heterocycles. The van der Waals surface area contributed by atoms with Crippen LogP contribution in [0.3, 0.4) is 0 Å². The third-order valence-electron chi connectivity index (χ3n) is 4.44. The zero-order chi connectivity index (χ0) is 18.8. The summed E-state index contributed by atoms with van der Waals surface area (Å²) in [6.07, 6.45) is -1.35. The molecule has 0 aliphatic carbocycles. The second kappa shape index (κ2) is 7.51. The molecule has 3 N–H and O–H groups in total. The third-order valence-corrected chi connectivity index (χ3v) is 4.67. The number of hydrogen-bond donors (Lipinski definition) is 2. The Morgan fingerprint density at radius 1 is 1.23 bits per heavy atom. The molecule has 3 nitrogen and oxygen atoms in total. The Bertz CT molecular complexity index is 950. The zero-order valence-corrected chi connectivity index (χ0v) is 15.1. The SMILES string of the molecule is CC(O)c1ccc2c(-c3cccc(C(N)=S)c3)cn(CCC(F)F)c2c1. The lowest BCUT2D eigenvalue weighted by Crippen LogP contribution is -2.08. The summed E-state index contributed by atoms with van der Waals surface area (Å²) in [5.41, 5.74) is 9.89. The molecule has 0 fully saturated rings. The van der Waals surface area contributed by atoms with E-state index in [1.165, 1.54) is 0 Å². The number of halogens is 2. The Kier molecular flexibility index (Phi) is 5.34. The van der Waals surface area contributed by atoms with Crippen LogP contribution in [-0.2, 0) is 6.54 Å². The van der Waals surface area contributed by atoms with Crippen molar-refractivity contribution in [2.75, 3.05) is 0 Å². The number of aromatic nitrogens is 1. The summed E-state index contributed by atoms with van der Waals surface area (Å²) in [6, 6.07) is 13.2. The highest BCUT2D eigenvalue weighted by Crippen LogP contribution is 2.33. The average Bonchev–Trinajstić information content (AvgIpc) is 2.98. The number of nitrogens with two attached hydrogens (primary N) is 1. The van der Waals surface area contributed by atoms with Crippen LogP contribution in [-0.4, -0.2) is 21.1 Å². The molecule has 3 rings (SSSR count). The van der Waals surface area contributed by atoms with Crippen LogP contribution in [0.1, 0.15) is 30.6 Å². The van der Waals surface area contributed by atoms with Crippen LogP contribution in [0.5, 0.6) is 0 Å². The van der Waals surface area contributed by atoms with Crippen LogP contribution in [0.25, 0.3) is 22.0 Å². The van der Waals surface area contributed by atoms with Crippen LogP contribution < -0.4 is 5.73 Å². The number of aliphatic hydroxyl groups is 1. The van der Waals surface area contributed by atoms with Gasteiger partial charge in [0.15, 0.2) is 0 Å². The van der Waals surface area contributed by atoms with Gasteiger partial charge in [-0.3, -0.25) is 0 Å². The van der Waals surface area contributed by atoms with Gasteiger partial charge in [0, 0.05) is 41.2 Å². The normalized spacial score (nSPS) is 12.7. The summed E-state index contributed by atoms with van der Waals surface area (Å²) in [5.74, 6) is 0. The molecule has 26 heavy (non-hydrogen) atoms. The topological polar surface area (TPSA) is 51.2 Å². The predicted molar refractivity (Wildman–Crippen MR) is 105 cm³/mol. The van der Waals surface area contributed by atoms with Crippen molar-refractivity contribution in [2.24, 2.45) is 5.73 Å². The molecule has 1 atom stereocenters. The fraction of sp³-hybridized carbons (Fsp3) is 0.250. The van der Waals surface area contributed by atoms with Gasteiger partial charge in [-0.05, 0) is 30.2 Å². The van der Waals surface area contributed by atoms with E-state index in [2.05, 4.69) is 0 Å². The van der Waals surface area contributed by atoms with E-state index in [0.717, 1.165) is 33.2 Å². The van der Waals surface area contributed by atoms with Gasteiger partial charge in [-0.25, -0.2) is 8.78 Å². The maximum absolute atomic E-state index is 12.7. The molecule has 1 heterocycles. The number of alkyl halides is 2. The number of thiocarbonyl (C=S) groups is 1. The molecule has 0 spiro atoms. The van der Waals surface area contributed by atoms with Crippen molar-refractivity contribution >= 4 is 28.1 Å². The van der Waals surface area contributed by atoms with Crippen LogP contribution in [0.2, 0.25) is 0 Å². The lowest BCUT2D eigenvalue weighted by Gasteiger charge is -2.08. The summed E-state index contributed by atoms with van der Waals surface area (Å²) < 4.78 is 27.3. The fourth-order valence-electron chi connectivity index (χ4n) is 3.06. The molecule has 0 aliphatic heterocycles. The minimum Gasteiger partial charge on any atom is -0.389 e.